The van der Waals surface area contributed by atoms with Crippen molar-refractivity contribution in [2.24, 2.45) is 10.8 Å². The van der Waals surface area contributed by atoms with E-state index < -0.39 is 0 Å². The van der Waals surface area contributed by atoms with Gasteiger partial charge in [-0.2, -0.15) is 0 Å². The summed E-state index contributed by atoms with van der Waals surface area (Å²) in [5, 5.41) is 7.02. The first kappa shape index (κ1) is 19.2. The van der Waals surface area contributed by atoms with E-state index in [2.05, 4.69) is 47.0 Å². The number of rotatable bonds is 6. The predicted octanol–water partition coefficient (Wildman–Crippen LogP) is 4.80. The first-order valence-corrected chi connectivity index (χ1v) is 11.1. The van der Waals surface area contributed by atoms with E-state index >= 15 is 0 Å². The molecule has 1 aliphatic rings. The van der Waals surface area contributed by atoms with Gasteiger partial charge in [-0.1, -0.05) is 19.1 Å². The summed E-state index contributed by atoms with van der Waals surface area (Å²) in [4.78, 5) is 9.19. The number of benzene rings is 1. The number of H-pyrrole nitrogens is 1. The average Bonchev–Trinajstić information content (AvgIpc) is 3.40. The van der Waals surface area contributed by atoms with E-state index in [1.807, 2.05) is 17.5 Å². The SMILES string of the molecule is CCCNC1CCC(c2c[nH]c3cc(N=C(NN)c4cccs4)ccc23)CC1. The number of nitrogens with one attached hydrogen (secondary N) is 3. The minimum Gasteiger partial charge on any atom is -0.361 e. The third kappa shape index (κ3) is 4.14. The van der Waals surface area contributed by atoms with E-state index in [1.54, 1.807) is 11.3 Å². The summed E-state index contributed by atoms with van der Waals surface area (Å²) in [6.45, 7) is 3.37. The molecule has 5 nitrogen and oxygen atoms in total. The van der Waals surface area contributed by atoms with Gasteiger partial charge in [0, 0.05) is 23.1 Å². The Morgan fingerprint density at radius 3 is 2.82 bits per heavy atom. The van der Waals surface area contributed by atoms with E-state index in [-0.39, 0.29) is 0 Å². The minimum absolute atomic E-state index is 0.648. The Balaban J connectivity index is 1.51. The van der Waals surface area contributed by atoms with Crippen molar-refractivity contribution in [3.63, 3.8) is 0 Å². The first-order chi connectivity index (χ1) is 13.8. The predicted molar refractivity (Wildman–Crippen MR) is 119 cm³/mol. The smallest absolute Gasteiger partial charge is 0.158 e. The molecule has 0 radical (unpaired) electrons. The molecule has 0 bridgehead atoms. The van der Waals surface area contributed by atoms with Crippen LogP contribution in [0.1, 0.15) is 55.4 Å². The van der Waals surface area contributed by atoms with Crippen LogP contribution in [0.5, 0.6) is 0 Å². The fourth-order valence-electron chi connectivity index (χ4n) is 4.20. The minimum atomic E-state index is 0.648. The topological polar surface area (TPSA) is 78.2 Å². The molecule has 1 saturated carbocycles. The van der Waals surface area contributed by atoms with Gasteiger partial charge in [-0.25, -0.2) is 10.8 Å². The van der Waals surface area contributed by atoms with E-state index in [1.165, 1.54) is 43.1 Å². The number of fused-ring (bicyclic) bond motifs is 1. The lowest BCUT2D eigenvalue weighted by Crippen LogP contribution is -2.33. The summed E-state index contributed by atoms with van der Waals surface area (Å²) in [6, 6.07) is 11.1. The first-order valence-electron chi connectivity index (χ1n) is 10.2. The fraction of sp³-hybridized carbons (Fsp3) is 0.409. The second-order valence-corrected chi connectivity index (χ2v) is 8.51. The van der Waals surface area contributed by atoms with Crippen molar-refractivity contribution in [1.29, 1.82) is 0 Å². The molecule has 0 atom stereocenters. The summed E-state index contributed by atoms with van der Waals surface area (Å²) >= 11 is 1.62. The number of aromatic nitrogens is 1. The van der Waals surface area contributed by atoms with Crippen LogP contribution in [0, 0.1) is 0 Å². The molecular weight excluding hydrogens is 366 g/mol. The highest BCUT2D eigenvalue weighted by atomic mass is 32.1. The molecule has 0 unspecified atom stereocenters. The number of amidine groups is 1. The highest BCUT2D eigenvalue weighted by Gasteiger charge is 2.23. The lowest BCUT2D eigenvalue weighted by molar-refractivity contribution is 0.344. The van der Waals surface area contributed by atoms with Crippen LogP contribution in [0.15, 0.2) is 46.9 Å². The van der Waals surface area contributed by atoms with Crippen LogP contribution in [0.25, 0.3) is 10.9 Å². The number of hydrazine groups is 1. The highest BCUT2D eigenvalue weighted by molar-refractivity contribution is 7.12. The lowest BCUT2D eigenvalue weighted by Gasteiger charge is -2.29. The Labute approximate surface area is 170 Å². The molecule has 0 spiro atoms. The molecule has 0 amide bonds. The second kappa shape index (κ2) is 8.90. The van der Waals surface area contributed by atoms with Crippen molar-refractivity contribution < 1.29 is 0 Å². The zero-order chi connectivity index (χ0) is 19.3. The Bertz CT molecular complexity index is 920. The fourth-order valence-corrected chi connectivity index (χ4v) is 4.88. The van der Waals surface area contributed by atoms with Crippen molar-refractivity contribution in [2.75, 3.05) is 6.54 Å². The number of nitrogens with zero attached hydrogens (tertiary/aromatic N) is 1. The van der Waals surface area contributed by atoms with Crippen molar-refractivity contribution in [1.82, 2.24) is 15.7 Å². The van der Waals surface area contributed by atoms with Crippen molar-refractivity contribution in [3.8, 4) is 0 Å². The summed E-state index contributed by atoms with van der Waals surface area (Å²) in [6.07, 6.45) is 8.46. The van der Waals surface area contributed by atoms with Gasteiger partial charge in [0.15, 0.2) is 5.84 Å². The summed E-state index contributed by atoms with van der Waals surface area (Å²) in [5.74, 6) is 7.02. The molecule has 6 heteroatoms. The van der Waals surface area contributed by atoms with Gasteiger partial charge in [0.25, 0.3) is 0 Å². The van der Waals surface area contributed by atoms with Gasteiger partial charge in [-0.3, -0.25) is 0 Å². The van der Waals surface area contributed by atoms with Crippen molar-refractivity contribution in [3.05, 3.63) is 52.3 Å². The van der Waals surface area contributed by atoms with Crippen LogP contribution in [0.3, 0.4) is 0 Å². The number of aliphatic imine (C=N–C) groups is 1. The van der Waals surface area contributed by atoms with Crippen LogP contribution in [-0.2, 0) is 0 Å². The van der Waals surface area contributed by atoms with E-state index in [9.17, 15) is 0 Å². The molecule has 1 fully saturated rings. The van der Waals surface area contributed by atoms with Gasteiger partial charge < -0.3 is 15.7 Å². The molecule has 1 aromatic carbocycles. The molecule has 0 aliphatic heterocycles. The van der Waals surface area contributed by atoms with Crippen LogP contribution in [0.4, 0.5) is 5.69 Å². The third-order valence-corrected chi connectivity index (χ3v) is 6.56. The molecule has 1 aliphatic carbocycles. The monoisotopic (exact) mass is 395 g/mol. The van der Waals surface area contributed by atoms with Gasteiger partial charge in [-0.05, 0) is 73.7 Å². The maximum atomic E-state index is 5.68. The Morgan fingerprint density at radius 1 is 1.25 bits per heavy atom. The second-order valence-electron chi connectivity index (χ2n) is 7.56. The van der Waals surface area contributed by atoms with Gasteiger partial charge >= 0.3 is 0 Å². The molecular formula is C22H29N5S. The highest BCUT2D eigenvalue weighted by Crippen LogP contribution is 2.37. The zero-order valence-corrected chi connectivity index (χ0v) is 17.2. The summed E-state index contributed by atoms with van der Waals surface area (Å²) < 4.78 is 0. The number of nitrogens with two attached hydrogens (primary N) is 1. The van der Waals surface area contributed by atoms with Gasteiger partial charge in [0.1, 0.15) is 0 Å². The number of hydrogen-bond acceptors (Lipinski definition) is 4. The molecule has 28 heavy (non-hydrogen) atoms. The number of thiophene rings is 1. The Hall–Kier alpha value is -2.15. The van der Waals surface area contributed by atoms with Crippen LogP contribution in [0.2, 0.25) is 0 Å². The molecule has 3 aromatic rings. The average molecular weight is 396 g/mol. The lowest BCUT2D eigenvalue weighted by atomic mass is 9.81. The molecule has 0 saturated heterocycles. The van der Waals surface area contributed by atoms with Gasteiger partial charge in [-0.15, -0.1) is 11.3 Å². The maximum absolute atomic E-state index is 5.68. The van der Waals surface area contributed by atoms with Crippen LogP contribution in [-0.4, -0.2) is 23.4 Å². The zero-order valence-electron chi connectivity index (χ0n) is 16.4. The standard InChI is InChI=1S/C22H29N5S/c1-2-11-24-16-7-5-15(6-8-16)19-14-25-20-13-17(9-10-18(19)20)26-22(27-23)21-4-3-12-28-21/h3-4,9-10,12-16,24-25H,2,5-8,11,23H2,1H3,(H,26,27). The summed E-state index contributed by atoms with van der Waals surface area (Å²) in [5.41, 5.74) is 6.22. The van der Waals surface area contributed by atoms with E-state index in [4.69, 9.17) is 10.8 Å². The normalized spacial score (nSPS) is 20.6. The molecule has 4 rings (SSSR count). The molecule has 2 aromatic heterocycles. The Kier molecular flexibility index (Phi) is 6.10. The maximum Gasteiger partial charge on any atom is 0.158 e. The quantitative estimate of drug-likeness (QED) is 0.210. The third-order valence-electron chi connectivity index (χ3n) is 5.68. The molecule has 5 N–H and O–H groups in total. The summed E-state index contributed by atoms with van der Waals surface area (Å²) in [7, 11) is 0. The van der Waals surface area contributed by atoms with Gasteiger partial charge in [0.2, 0.25) is 0 Å². The van der Waals surface area contributed by atoms with E-state index in [0.717, 1.165) is 22.6 Å². The van der Waals surface area contributed by atoms with Crippen LogP contribution < -0.4 is 16.6 Å². The van der Waals surface area contributed by atoms with Crippen LogP contribution >= 0.6 is 11.3 Å². The Morgan fingerprint density at radius 2 is 2.11 bits per heavy atom. The van der Waals surface area contributed by atoms with E-state index in [0.29, 0.717) is 17.8 Å². The van der Waals surface area contributed by atoms with Gasteiger partial charge in [0.05, 0.1) is 10.6 Å². The van der Waals surface area contributed by atoms with Crippen molar-refractivity contribution in [2.45, 2.75) is 51.0 Å². The molecule has 148 valence electrons. The number of aromatic amines is 1. The largest absolute Gasteiger partial charge is 0.361 e. The van der Waals surface area contributed by atoms with Crippen molar-refractivity contribution >= 4 is 33.8 Å². The number of hydrogen-bond donors (Lipinski definition) is 4. The molecule has 2 heterocycles.